The van der Waals surface area contributed by atoms with E-state index in [-0.39, 0.29) is 11.4 Å². The summed E-state index contributed by atoms with van der Waals surface area (Å²) in [6.07, 6.45) is 2.59. The topological polar surface area (TPSA) is 72.9 Å². The third kappa shape index (κ3) is 3.98. The zero-order chi connectivity index (χ0) is 22.7. The van der Waals surface area contributed by atoms with Crippen molar-refractivity contribution >= 4 is 23.1 Å². The Labute approximate surface area is 191 Å². The highest BCUT2D eigenvalue weighted by Crippen LogP contribution is 2.43. The Hall–Kier alpha value is -3.26. The van der Waals surface area contributed by atoms with Crippen molar-refractivity contribution in [1.82, 2.24) is 9.88 Å². The van der Waals surface area contributed by atoms with Crippen LogP contribution < -0.4 is 19.5 Å². The number of ether oxygens (including phenoxy) is 3. The molecule has 7 nitrogen and oxygen atoms in total. The fourth-order valence-corrected chi connectivity index (χ4v) is 5.08. The van der Waals surface area contributed by atoms with E-state index in [1.165, 1.54) is 0 Å². The highest BCUT2D eigenvalue weighted by Gasteiger charge is 2.45. The SMILES string of the molecule is COc1ccc(OC)c(NC(=O)N2CC[C@@](c3ccc(C)c(OC)c3)(c3nccs3)C2)c1. The number of amides is 2. The van der Waals surface area contributed by atoms with Crippen molar-refractivity contribution in [1.29, 1.82) is 0 Å². The molecular formula is C24H27N3O4S. The summed E-state index contributed by atoms with van der Waals surface area (Å²) in [5.74, 6) is 2.06. The Morgan fingerprint density at radius 3 is 2.59 bits per heavy atom. The Bertz CT molecular complexity index is 1100. The van der Waals surface area contributed by atoms with Gasteiger partial charge in [-0.05, 0) is 42.7 Å². The number of nitrogens with one attached hydrogen (secondary N) is 1. The van der Waals surface area contributed by atoms with Crippen molar-refractivity contribution in [3.05, 3.63) is 64.1 Å². The summed E-state index contributed by atoms with van der Waals surface area (Å²) in [6.45, 7) is 3.15. The van der Waals surface area contributed by atoms with Gasteiger partial charge >= 0.3 is 6.03 Å². The number of thiazole rings is 1. The lowest BCUT2D eigenvalue weighted by molar-refractivity contribution is 0.220. The summed E-state index contributed by atoms with van der Waals surface area (Å²) in [4.78, 5) is 19.7. The van der Waals surface area contributed by atoms with Gasteiger partial charge in [0.25, 0.3) is 0 Å². The maximum absolute atomic E-state index is 13.2. The quantitative estimate of drug-likeness (QED) is 0.586. The molecule has 1 atom stereocenters. The second-order valence-electron chi connectivity index (χ2n) is 7.77. The number of urea groups is 1. The first-order chi connectivity index (χ1) is 15.5. The van der Waals surface area contributed by atoms with Crippen molar-refractivity contribution in [2.24, 2.45) is 0 Å². The molecule has 0 aliphatic carbocycles. The summed E-state index contributed by atoms with van der Waals surface area (Å²) in [6, 6.07) is 11.4. The minimum absolute atomic E-state index is 0.186. The van der Waals surface area contributed by atoms with Crippen molar-refractivity contribution < 1.29 is 19.0 Å². The molecule has 2 heterocycles. The summed E-state index contributed by atoms with van der Waals surface area (Å²) < 4.78 is 16.3. The van der Waals surface area contributed by atoms with Crippen molar-refractivity contribution in [3.63, 3.8) is 0 Å². The van der Waals surface area contributed by atoms with Crippen molar-refractivity contribution in [3.8, 4) is 17.2 Å². The zero-order valence-electron chi connectivity index (χ0n) is 18.7. The monoisotopic (exact) mass is 453 g/mol. The molecule has 3 aromatic rings. The Morgan fingerprint density at radius 2 is 1.91 bits per heavy atom. The van der Waals surface area contributed by atoms with Gasteiger partial charge in [0.05, 0.1) is 32.4 Å². The number of hydrogen-bond donors (Lipinski definition) is 1. The molecule has 8 heteroatoms. The van der Waals surface area contributed by atoms with Crippen LogP contribution in [0.3, 0.4) is 0 Å². The summed E-state index contributed by atoms with van der Waals surface area (Å²) >= 11 is 1.61. The summed E-state index contributed by atoms with van der Waals surface area (Å²) in [5.41, 5.74) is 2.36. The van der Waals surface area contributed by atoms with Crippen LogP contribution in [0.5, 0.6) is 17.2 Å². The number of aromatic nitrogens is 1. The molecule has 32 heavy (non-hydrogen) atoms. The molecule has 0 saturated carbocycles. The van der Waals surface area contributed by atoms with Crippen LogP contribution in [0.25, 0.3) is 0 Å². The van der Waals surface area contributed by atoms with Crippen molar-refractivity contribution in [2.45, 2.75) is 18.8 Å². The van der Waals surface area contributed by atoms with Gasteiger partial charge in [0.15, 0.2) is 0 Å². The van der Waals surface area contributed by atoms with Crippen LogP contribution in [-0.2, 0) is 5.41 Å². The lowest BCUT2D eigenvalue weighted by atomic mass is 9.79. The Balaban J connectivity index is 1.63. The normalized spacial score (nSPS) is 17.8. The fourth-order valence-electron chi connectivity index (χ4n) is 4.20. The first kappa shape index (κ1) is 22.0. The van der Waals surface area contributed by atoms with Gasteiger partial charge in [-0.3, -0.25) is 0 Å². The van der Waals surface area contributed by atoms with Gasteiger partial charge in [-0.2, -0.15) is 0 Å². The molecule has 1 aliphatic heterocycles. The first-order valence-electron chi connectivity index (χ1n) is 10.3. The average molecular weight is 454 g/mol. The van der Waals surface area contributed by atoms with Crippen LogP contribution >= 0.6 is 11.3 Å². The molecule has 0 bridgehead atoms. The minimum Gasteiger partial charge on any atom is -0.497 e. The number of rotatable bonds is 6. The van der Waals surface area contributed by atoms with Gasteiger partial charge in [-0.25, -0.2) is 9.78 Å². The number of aryl methyl sites for hydroxylation is 1. The van der Waals surface area contributed by atoms with Crippen LogP contribution in [0.4, 0.5) is 10.5 Å². The van der Waals surface area contributed by atoms with E-state index in [9.17, 15) is 4.79 Å². The molecule has 4 rings (SSSR count). The van der Waals surface area contributed by atoms with Crippen LogP contribution in [0.15, 0.2) is 48.0 Å². The van der Waals surface area contributed by atoms with E-state index in [2.05, 4.69) is 28.5 Å². The van der Waals surface area contributed by atoms with E-state index < -0.39 is 0 Å². The predicted octanol–water partition coefficient (Wildman–Crippen LogP) is 4.70. The van der Waals surface area contributed by atoms with Crippen LogP contribution in [0.2, 0.25) is 0 Å². The van der Waals surface area contributed by atoms with Crippen LogP contribution in [-0.4, -0.2) is 50.3 Å². The smallest absolute Gasteiger partial charge is 0.321 e. The maximum atomic E-state index is 13.2. The summed E-state index contributed by atoms with van der Waals surface area (Å²) in [5, 5.41) is 5.96. The molecule has 1 aliphatic rings. The molecule has 168 valence electrons. The summed E-state index contributed by atoms with van der Waals surface area (Å²) in [7, 11) is 4.84. The molecule has 0 unspecified atom stereocenters. The molecule has 1 fully saturated rings. The number of likely N-dealkylation sites (tertiary alicyclic amines) is 1. The van der Waals surface area contributed by atoms with E-state index in [0.29, 0.717) is 30.3 Å². The third-order valence-electron chi connectivity index (χ3n) is 6.01. The highest BCUT2D eigenvalue weighted by atomic mass is 32.1. The lowest BCUT2D eigenvalue weighted by Crippen LogP contribution is -2.37. The Morgan fingerprint density at radius 1 is 1.09 bits per heavy atom. The number of hydrogen-bond acceptors (Lipinski definition) is 6. The third-order valence-corrected chi connectivity index (χ3v) is 6.98. The van der Waals surface area contributed by atoms with E-state index in [1.807, 2.05) is 23.4 Å². The molecule has 0 spiro atoms. The van der Waals surface area contributed by atoms with Gasteiger partial charge in [0, 0.05) is 30.7 Å². The molecule has 1 N–H and O–H groups in total. The lowest BCUT2D eigenvalue weighted by Gasteiger charge is -2.28. The second kappa shape index (κ2) is 9.08. The van der Waals surface area contributed by atoms with Gasteiger partial charge in [0.1, 0.15) is 22.3 Å². The first-order valence-corrected chi connectivity index (χ1v) is 11.2. The molecular weight excluding hydrogens is 426 g/mol. The zero-order valence-corrected chi connectivity index (χ0v) is 19.5. The molecule has 0 radical (unpaired) electrons. The number of benzene rings is 2. The Kier molecular flexibility index (Phi) is 6.23. The van der Waals surface area contributed by atoms with E-state index >= 15 is 0 Å². The molecule has 1 saturated heterocycles. The van der Waals surface area contributed by atoms with E-state index in [4.69, 9.17) is 14.2 Å². The highest BCUT2D eigenvalue weighted by molar-refractivity contribution is 7.09. The molecule has 2 aromatic carbocycles. The number of carbonyl (C=O) groups is 1. The van der Waals surface area contributed by atoms with Crippen LogP contribution in [0.1, 0.15) is 22.6 Å². The predicted molar refractivity (Wildman–Crippen MR) is 125 cm³/mol. The number of carbonyl (C=O) groups excluding carboxylic acids is 1. The number of nitrogens with zero attached hydrogens (tertiary/aromatic N) is 2. The largest absolute Gasteiger partial charge is 0.497 e. The number of anilines is 1. The standard InChI is InChI=1S/C24H27N3O4S/c1-16-5-6-17(13-21(16)31-4)24(22-25-10-12-32-22)9-11-27(15-24)23(28)26-19-14-18(29-2)7-8-20(19)30-3/h5-8,10,12-14H,9,11,15H2,1-4H3,(H,26,28)/t24-/m1/s1. The fraction of sp³-hybridized carbons (Fsp3) is 0.333. The van der Waals surface area contributed by atoms with E-state index in [1.54, 1.807) is 50.9 Å². The minimum atomic E-state index is -0.384. The van der Waals surface area contributed by atoms with E-state index in [0.717, 1.165) is 28.3 Å². The van der Waals surface area contributed by atoms with Gasteiger partial charge in [-0.1, -0.05) is 12.1 Å². The maximum Gasteiger partial charge on any atom is 0.321 e. The number of methoxy groups -OCH3 is 3. The molecule has 1 aromatic heterocycles. The van der Waals surface area contributed by atoms with Gasteiger partial charge in [-0.15, -0.1) is 11.3 Å². The molecule has 2 amide bonds. The van der Waals surface area contributed by atoms with Crippen LogP contribution in [0, 0.1) is 6.92 Å². The second-order valence-corrected chi connectivity index (χ2v) is 8.67. The van der Waals surface area contributed by atoms with Gasteiger partial charge in [0.2, 0.25) is 0 Å². The average Bonchev–Trinajstić information content (AvgIpc) is 3.50. The van der Waals surface area contributed by atoms with Gasteiger partial charge < -0.3 is 24.4 Å². The van der Waals surface area contributed by atoms with Crippen molar-refractivity contribution in [2.75, 3.05) is 39.7 Å².